The molecule has 0 fully saturated rings. The summed E-state index contributed by atoms with van der Waals surface area (Å²) in [6, 6.07) is 15.6. The topological polar surface area (TPSA) is 98.3 Å². The number of rotatable bonds is 7. The molecule has 2 aromatic heterocycles. The van der Waals surface area contributed by atoms with E-state index >= 15 is 0 Å². The van der Waals surface area contributed by atoms with Gasteiger partial charge in [0.15, 0.2) is 5.82 Å². The molecular weight excluding hydrogens is 328 g/mol. The van der Waals surface area contributed by atoms with Gasteiger partial charge in [-0.2, -0.15) is 15.1 Å². The van der Waals surface area contributed by atoms with Crippen LogP contribution in [0.4, 0.5) is 11.6 Å². The lowest BCUT2D eigenvalue weighted by Gasteiger charge is -2.07. The third kappa shape index (κ3) is 5.27. The van der Waals surface area contributed by atoms with Crippen LogP contribution in [0.15, 0.2) is 59.8 Å². The van der Waals surface area contributed by atoms with Crippen molar-refractivity contribution in [3.05, 3.63) is 71.5 Å². The number of hydrogen-bond acceptors (Lipinski definition) is 7. The van der Waals surface area contributed by atoms with E-state index in [1.54, 1.807) is 18.5 Å². The molecule has 0 aliphatic carbocycles. The highest BCUT2D eigenvalue weighted by Crippen LogP contribution is 2.13. The Morgan fingerprint density at radius 2 is 2.08 bits per heavy atom. The summed E-state index contributed by atoms with van der Waals surface area (Å²) in [4.78, 5) is 12.6. The first kappa shape index (κ1) is 17.3. The van der Waals surface area contributed by atoms with E-state index in [1.165, 1.54) is 5.56 Å². The van der Waals surface area contributed by atoms with E-state index in [0.29, 0.717) is 24.7 Å². The molecule has 3 rings (SSSR count). The second-order valence-corrected chi connectivity index (χ2v) is 5.66. The molecule has 132 valence electrons. The smallest absolute Gasteiger partial charge is 0.320 e. The standard InChI is InChI=1S/C19H20N6O/c1-14-5-4-6-15(11-14)13-22-25-18-12-17(20)23-19(24-18)26-10-8-16-7-2-3-9-21-16/h2-7,9,11-13H,8,10H2,1H3,(H3,20,23,24,25)/b22-13+. The maximum absolute atomic E-state index is 5.81. The monoisotopic (exact) mass is 348 g/mol. The van der Waals surface area contributed by atoms with Gasteiger partial charge in [0.1, 0.15) is 5.82 Å². The summed E-state index contributed by atoms with van der Waals surface area (Å²) in [6.45, 7) is 2.44. The minimum atomic E-state index is 0.203. The quantitative estimate of drug-likeness (QED) is 0.503. The summed E-state index contributed by atoms with van der Waals surface area (Å²) >= 11 is 0. The van der Waals surface area contributed by atoms with E-state index in [1.807, 2.05) is 49.4 Å². The third-order valence-corrected chi connectivity index (χ3v) is 3.48. The maximum atomic E-state index is 5.81. The molecule has 26 heavy (non-hydrogen) atoms. The maximum Gasteiger partial charge on any atom is 0.320 e. The zero-order valence-corrected chi connectivity index (χ0v) is 14.5. The molecule has 0 spiro atoms. The van der Waals surface area contributed by atoms with Crippen LogP contribution in [0.1, 0.15) is 16.8 Å². The van der Waals surface area contributed by atoms with E-state index in [0.717, 1.165) is 11.3 Å². The minimum Gasteiger partial charge on any atom is -0.463 e. The molecule has 3 aromatic rings. The largest absolute Gasteiger partial charge is 0.463 e. The van der Waals surface area contributed by atoms with Crippen LogP contribution >= 0.6 is 0 Å². The second kappa shape index (κ2) is 8.57. The second-order valence-electron chi connectivity index (χ2n) is 5.66. The number of hydrogen-bond donors (Lipinski definition) is 2. The molecule has 7 nitrogen and oxygen atoms in total. The van der Waals surface area contributed by atoms with Gasteiger partial charge in [0.25, 0.3) is 0 Å². The molecule has 0 saturated heterocycles. The summed E-state index contributed by atoms with van der Waals surface area (Å²) < 4.78 is 5.58. The van der Waals surface area contributed by atoms with Crippen molar-refractivity contribution in [3.63, 3.8) is 0 Å². The lowest BCUT2D eigenvalue weighted by atomic mass is 10.2. The zero-order valence-electron chi connectivity index (χ0n) is 14.5. The number of ether oxygens (including phenoxy) is 1. The summed E-state index contributed by atoms with van der Waals surface area (Å²) in [5.41, 5.74) is 11.8. The minimum absolute atomic E-state index is 0.203. The lowest BCUT2D eigenvalue weighted by molar-refractivity contribution is 0.296. The Bertz CT molecular complexity index is 882. The van der Waals surface area contributed by atoms with E-state index in [9.17, 15) is 0 Å². The van der Waals surface area contributed by atoms with Gasteiger partial charge in [-0.25, -0.2) is 0 Å². The van der Waals surface area contributed by atoms with Crippen molar-refractivity contribution in [3.8, 4) is 6.01 Å². The highest BCUT2D eigenvalue weighted by Gasteiger charge is 2.04. The zero-order chi connectivity index (χ0) is 18.2. The van der Waals surface area contributed by atoms with Gasteiger partial charge in [-0.15, -0.1) is 0 Å². The average Bonchev–Trinajstić information content (AvgIpc) is 2.62. The number of nitrogens with one attached hydrogen (secondary N) is 1. The van der Waals surface area contributed by atoms with Crippen molar-refractivity contribution < 1.29 is 4.74 Å². The van der Waals surface area contributed by atoms with E-state index in [4.69, 9.17) is 10.5 Å². The first-order valence-electron chi connectivity index (χ1n) is 8.22. The molecule has 0 aliphatic rings. The molecule has 3 N–H and O–H groups in total. The Kier molecular flexibility index (Phi) is 5.72. The van der Waals surface area contributed by atoms with Crippen LogP contribution in [-0.2, 0) is 6.42 Å². The summed E-state index contributed by atoms with van der Waals surface area (Å²) in [7, 11) is 0. The van der Waals surface area contributed by atoms with Crippen molar-refractivity contribution in [2.24, 2.45) is 5.10 Å². The molecule has 7 heteroatoms. The Hall–Kier alpha value is -3.48. The van der Waals surface area contributed by atoms with Gasteiger partial charge < -0.3 is 10.5 Å². The van der Waals surface area contributed by atoms with E-state index < -0.39 is 0 Å². The van der Waals surface area contributed by atoms with Crippen molar-refractivity contribution in [1.29, 1.82) is 0 Å². The van der Waals surface area contributed by atoms with Crippen LogP contribution < -0.4 is 15.9 Å². The predicted molar refractivity (Wildman–Crippen MR) is 102 cm³/mol. The first-order valence-corrected chi connectivity index (χ1v) is 8.22. The van der Waals surface area contributed by atoms with Crippen LogP contribution in [0.2, 0.25) is 0 Å². The predicted octanol–water partition coefficient (Wildman–Crippen LogP) is 2.83. The molecular formula is C19H20N6O. The van der Waals surface area contributed by atoms with Crippen LogP contribution in [0, 0.1) is 6.92 Å². The van der Waals surface area contributed by atoms with Gasteiger partial charge in [0, 0.05) is 24.4 Å². The van der Waals surface area contributed by atoms with E-state index in [-0.39, 0.29) is 6.01 Å². The number of pyridine rings is 1. The fourth-order valence-corrected chi connectivity index (χ4v) is 2.28. The molecule has 0 atom stereocenters. The first-order chi connectivity index (χ1) is 12.7. The number of nitrogens with two attached hydrogens (primary N) is 1. The van der Waals surface area contributed by atoms with Crippen LogP contribution in [0.5, 0.6) is 6.01 Å². The van der Waals surface area contributed by atoms with Gasteiger partial charge in [-0.05, 0) is 24.6 Å². The summed E-state index contributed by atoms with van der Waals surface area (Å²) in [6.07, 6.45) is 4.13. The fraction of sp³-hybridized carbons (Fsp3) is 0.158. The molecule has 1 aromatic carbocycles. The van der Waals surface area contributed by atoms with Gasteiger partial charge in [-0.1, -0.05) is 35.9 Å². The number of aryl methyl sites for hydroxylation is 1. The molecule has 0 radical (unpaired) electrons. The number of anilines is 2. The molecule has 0 saturated carbocycles. The lowest BCUT2D eigenvalue weighted by Crippen LogP contribution is -2.07. The molecule has 0 bridgehead atoms. The SMILES string of the molecule is Cc1cccc(/C=N/Nc2cc(N)nc(OCCc3ccccn3)n2)c1. The van der Waals surface area contributed by atoms with Crippen molar-refractivity contribution in [2.75, 3.05) is 17.8 Å². The number of nitrogen functional groups attached to an aromatic ring is 1. The summed E-state index contributed by atoms with van der Waals surface area (Å²) in [5.74, 6) is 0.773. The Labute approximate surface area is 152 Å². The highest BCUT2D eigenvalue weighted by atomic mass is 16.5. The Morgan fingerprint density at radius 1 is 1.15 bits per heavy atom. The Balaban J connectivity index is 1.58. The number of nitrogens with zero attached hydrogens (tertiary/aromatic N) is 4. The van der Waals surface area contributed by atoms with Gasteiger partial charge in [0.2, 0.25) is 0 Å². The number of aromatic nitrogens is 3. The average molecular weight is 348 g/mol. The normalized spacial score (nSPS) is 10.8. The molecule has 0 amide bonds. The molecule has 0 unspecified atom stereocenters. The molecule has 0 aliphatic heterocycles. The van der Waals surface area contributed by atoms with Crippen molar-refractivity contribution in [1.82, 2.24) is 15.0 Å². The number of hydrazone groups is 1. The van der Waals surface area contributed by atoms with E-state index in [2.05, 4.69) is 25.5 Å². The number of benzene rings is 1. The summed E-state index contributed by atoms with van der Waals surface area (Å²) in [5, 5.41) is 4.18. The fourth-order valence-electron chi connectivity index (χ4n) is 2.28. The van der Waals surface area contributed by atoms with Crippen molar-refractivity contribution in [2.45, 2.75) is 13.3 Å². The van der Waals surface area contributed by atoms with Crippen LogP contribution in [-0.4, -0.2) is 27.8 Å². The Morgan fingerprint density at radius 3 is 2.88 bits per heavy atom. The van der Waals surface area contributed by atoms with Gasteiger partial charge >= 0.3 is 6.01 Å². The van der Waals surface area contributed by atoms with Gasteiger partial charge in [0.05, 0.1) is 12.8 Å². The highest BCUT2D eigenvalue weighted by molar-refractivity contribution is 5.80. The van der Waals surface area contributed by atoms with Gasteiger partial charge in [-0.3, -0.25) is 10.4 Å². The van der Waals surface area contributed by atoms with Crippen LogP contribution in [0.25, 0.3) is 0 Å². The van der Waals surface area contributed by atoms with Crippen molar-refractivity contribution >= 4 is 17.9 Å². The van der Waals surface area contributed by atoms with Crippen LogP contribution in [0.3, 0.4) is 0 Å². The third-order valence-electron chi connectivity index (χ3n) is 3.48. The molecule has 2 heterocycles.